The number of hydrazine groups is 1. The van der Waals surface area contributed by atoms with E-state index < -0.39 is 0 Å². The van der Waals surface area contributed by atoms with E-state index in [4.69, 9.17) is 5.84 Å². The van der Waals surface area contributed by atoms with Crippen LogP contribution in [0.15, 0.2) is 22.7 Å². The Morgan fingerprint density at radius 2 is 2.07 bits per heavy atom. The van der Waals surface area contributed by atoms with E-state index in [0.29, 0.717) is 5.92 Å². The molecule has 0 spiro atoms. The lowest BCUT2D eigenvalue weighted by Crippen LogP contribution is -2.29. The highest BCUT2D eigenvalue weighted by atomic mass is 79.9. The highest BCUT2D eigenvalue weighted by molar-refractivity contribution is 9.10. The fourth-order valence-corrected chi connectivity index (χ4v) is 2.14. The van der Waals surface area contributed by atoms with Crippen LogP contribution in [-0.4, -0.2) is 0 Å². The van der Waals surface area contributed by atoms with Crippen LogP contribution in [0, 0.1) is 12.8 Å². The number of benzene rings is 1. The van der Waals surface area contributed by atoms with Gasteiger partial charge < -0.3 is 0 Å². The third-order valence-electron chi connectivity index (χ3n) is 2.59. The lowest BCUT2D eigenvalue weighted by atomic mass is 9.94. The molecule has 0 aliphatic rings. The Labute approximate surface area is 100 Å². The maximum absolute atomic E-state index is 5.61. The quantitative estimate of drug-likeness (QED) is 0.651. The largest absolute Gasteiger partial charge is 0.271 e. The summed E-state index contributed by atoms with van der Waals surface area (Å²) in [6, 6.07) is 6.48. The van der Waals surface area contributed by atoms with E-state index in [1.165, 1.54) is 11.1 Å². The molecule has 0 aromatic heterocycles. The highest BCUT2D eigenvalue weighted by Gasteiger charge is 2.14. The van der Waals surface area contributed by atoms with E-state index in [-0.39, 0.29) is 6.04 Å². The van der Waals surface area contributed by atoms with E-state index in [2.05, 4.69) is 60.3 Å². The van der Waals surface area contributed by atoms with Crippen LogP contribution in [0.5, 0.6) is 0 Å². The molecule has 1 rings (SSSR count). The van der Waals surface area contributed by atoms with Gasteiger partial charge in [-0.15, -0.1) is 0 Å². The van der Waals surface area contributed by atoms with Crippen LogP contribution < -0.4 is 11.3 Å². The molecule has 0 aliphatic heterocycles. The van der Waals surface area contributed by atoms with Gasteiger partial charge in [0.15, 0.2) is 0 Å². The van der Waals surface area contributed by atoms with Crippen LogP contribution in [0.3, 0.4) is 0 Å². The van der Waals surface area contributed by atoms with E-state index in [0.717, 1.165) is 10.9 Å². The number of hydrogen-bond acceptors (Lipinski definition) is 2. The molecule has 3 N–H and O–H groups in total. The number of rotatable bonds is 4. The zero-order valence-electron chi connectivity index (χ0n) is 9.55. The first-order valence-corrected chi connectivity index (χ1v) is 6.06. The molecule has 0 radical (unpaired) electrons. The van der Waals surface area contributed by atoms with Crippen LogP contribution in [-0.2, 0) is 0 Å². The van der Waals surface area contributed by atoms with Crippen LogP contribution in [0.2, 0.25) is 0 Å². The molecule has 84 valence electrons. The van der Waals surface area contributed by atoms with Gasteiger partial charge in [-0.1, -0.05) is 41.9 Å². The van der Waals surface area contributed by atoms with Gasteiger partial charge in [0.25, 0.3) is 0 Å². The van der Waals surface area contributed by atoms with Gasteiger partial charge in [0.2, 0.25) is 0 Å². The topological polar surface area (TPSA) is 38.0 Å². The second-order valence-corrected chi connectivity index (χ2v) is 5.16. The predicted octanol–water partition coefficient (Wildman–Crippen LogP) is 3.31. The van der Waals surface area contributed by atoms with Crippen molar-refractivity contribution >= 4 is 15.9 Å². The molecule has 0 bridgehead atoms. The first-order valence-electron chi connectivity index (χ1n) is 5.27. The van der Waals surface area contributed by atoms with E-state index >= 15 is 0 Å². The van der Waals surface area contributed by atoms with Crippen molar-refractivity contribution in [3.8, 4) is 0 Å². The highest BCUT2D eigenvalue weighted by Crippen LogP contribution is 2.27. The van der Waals surface area contributed by atoms with Crippen molar-refractivity contribution in [3.05, 3.63) is 33.8 Å². The number of halogens is 1. The number of hydrogen-bond donors (Lipinski definition) is 2. The molecule has 1 unspecified atom stereocenters. The first kappa shape index (κ1) is 12.7. The SMILES string of the molecule is Cc1c(Br)cccc1C(CC(C)C)NN. The summed E-state index contributed by atoms with van der Waals surface area (Å²) in [6.07, 6.45) is 1.05. The molecular formula is C12H19BrN2. The average Bonchev–Trinajstić information content (AvgIpc) is 2.19. The minimum atomic E-state index is 0.238. The maximum atomic E-state index is 5.61. The normalized spacial score (nSPS) is 13.2. The van der Waals surface area contributed by atoms with Crippen molar-refractivity contribution < 1.29 is 0 Å². The summed E-state index contributed by atoms with van der Waals surface area (Å²) < 4.78 is 1.14. The molecule has 3 heteroatoms. The summed E-state index contributed by atoms with van der Waals surface area (Å²) in [5, 5.41) is 0. The van der Waals surface area contributed by atoms with Gasteiger partial charge in [-0.2, -0.15) is 0 Å². The first-order chi connectivity index (χ1) is 7.06. The Morgan fingerprint density at radius 1 is 1.40 bits per heavy atom. The van der Waals surface area contributed by atoms with Gasteiger partial charge in [-0.3, -0.25) is 11.3 Å². The maximum Gasteiger partial charge on any atom is 0.0465 e. The Hall–Kier alpha value is -0.380. The molecule has 2 nitrogen and oxygen atoms in total. The Bertz CT molecular complexity index is 323. The van der Waals surface area contributed by atoms with Crippen LogP contribution >= 0.6 is 15.9 Å². The van der Waals surface area contributed by atoms with Gasteiger partial charge in [0.05, 0.1) is 0 Å². The van der Waals surface area contributed by atoms with Gasteiger partial charge in [0, 0.05) is 10.5 Å². The van der Waals surface area contributed by atoms with Crippen molar-refractivity contribution in [3.63, 3.8) is 0 Å². The molecule has 0 fully saturated rings. The fourth-order valence-electron chi connectivity index (χ4n) is 1.76. The third-order valence-corrected chi connectivity index (χ3v) is 3.45. The zero-order chi connectivity index (χ0) is 11.4. The second-order valence-electron chi connectivity index (χ2n) is 4.30. The van der Waals surface area contributed by atoms with Crippen molar-refractivity contribution in [2.45, 2.75) is 33.2 Å². The van der Waals surface area contributed by atoms with Crippen molar-refractivity contribution in [1.29, 1.82) is 0 Å². The lowest BCUT2D eigenvalue weighted by Gasteiger charge is -2.21. The molecule has 1 aromatic rings. The molecule has 0 saturated carbocycles. The van der Waals surface area contributed by atoms with E-state index in [1.807, 2.05) is 0 Å². The van der Waals surface area contributed by atoms with E-state index in [1.54, 1.807) is 0 Å². The monoisotopic (exact) mass is 270 g/mol. The molecule has 0 saturated heterocycles. The second kappa shape index (κ2) is 5.64. The van der Waals surface area contributed by atoms with E-state index in [9.17, 15) is 0 Å². The fraction of sp³-hybridized carbons (Fsp3) is 0.500. The summed E-state index contributed by atoms with van der Waals surface area (Å²) >= 11 is 3.54. The van der Waals surface area contributed by atoms with Gasteiger partial charge >= 0.3 is 0 Å². The Morgan fingerprint density at radius 3 is 2.60 bits per heavy atom. The zero-order valence-corrected chi connectivity index (χ0v) is 11.1. The van der Waals surface area contributed by atoms with Gasteiger partial charge in [0.1, 0.15) is 0 Å². The van der Waals surface area contributed by atoms with Crippen LogP contribution in [0.25, 0.3) is 0 Å². The van der Waals surface area contributed by atoms with Gasteiger partial charge in [-0.05, 0) is 36.5 Å². The van der Waals surface area contributed by atoms with Crippen LogP contribution in [0.4, 0.5) is 0 Å². The molecular weight excluding hydrogens is 252 g/mol. The minimum absolute atomic E-state index is 0.238. The van der Waals surface area contributed by atoms with Gasteiger partial charge in [-0.25, -0.2) is 0 Å². The molecule has 0 heterocycles. The van der Waals surface area contributed by atoms with Crippen LogP contribution in [0.1, 0.15) is 37.4 Å². The lowest BCUT2D eigenvalue weighted by molar-refractivity contribution is 0.436. The predicted molar refractivity (Wildman–Crippen MR) is 68.4 cm³/mol. The van der Waals surface area contributed by atoms with Crippen molar-refractivity contribution in [2.75, 3.05) is 0 Å². The summed E-state index contributed by atoms with van der Waals surface area (Å²) in [5.41, 5.74) is 5.44. The van der Waals surface area contributed by atoms with Crippen molar-refractivity contribution in [1.82, 2.24) is 5.43 Å². The van der Waals surface area contributed by atoms with Crippen molar-refractivity contribution in [2.24, 2.45) is 11.8 Å². The Kier molecular flexibility index (Phi) is 4.77. The molecule has 1 atom stereocenters. The minimum Gasteiger partial charge on any atom is -0.271 e. The molecule has 0 aliphatic carbocycles. The molecule has 15 heavy (non-hydrogen) atoms. The average molecular weight is 271 g/mol. The standard InChI is InChI=1S/C12H19BrN2/c1-8(2)7-12(15-14)10-5-4-6-11(13)9(10)3/h4-6,8,12,15H,7,14H2,1-3H3. The summed E-state index contributed by atoms with van der Waals surface area (Å²) in [4.78, 5) is 0. The summed E-state index contributed by atoms with van der Waals surface area (Å²) in [5.74, 6) is 6.24. The number of nitrogens with two attached hydrogens (primary N) is 1. The summed E-state index contributed by atoms with van der Waals surface area (Å²) in [7, 11) is 0. The molecule has 1 aromatic carbocycles. The Balaban J connectivity index is 2.96. The summed E-state index contributed by atoms with van der Waals surface area (Å²) in [6.45, 7) is 6.53. The smallest absolute Gasteiger partial charge is 0.0465 e. The molecule has 0 amide bonds. The number of nitrogens with one attached hydrogen (secondary N) is 1. The third kappa shape index (κ3) is 3.30.